The molecule has 1 aliphatic carbocycles. The predicted molar refractivity (Wildman–Crippen MR) is 108 cm³/mol. The number of halogens is 2. The average Bonchev–Trinajstić information content (AvgIpc) is 2.62. The lowest BCUT2D eigenvalue weighted by Gasteiger charge is -2.28. The smallest absolute Gasteiger partial charge is 0.119 e. The molecule has 128 valence electrons. The summed E-state index contributed by atoms with van der Waals surface area (Å²) in [6.45, 7) is 0.862. The van der Waals surface area contributed by atoms with Crippen molar-refractivity contribution in [1.29, 1.82) is 0 Å². The van der Waals surface area contributed by atoms with Crippen molar-refractivity contribution in [2.45, 2.75) is 38.5 Å². The Balaban J connectivity index is 1.36. The summed E-state index contributed by atoms with van der Waals surface area (Å²) in [5.74, 6) is 2.59. The van der Waals surface area contributed by atoms with Crippen LogP contribution in [0.1, 0.15) is 37.7 Å². The van der Waals surface area contributed by atoms with Crippen molar-refractivity contribution < 1.29 is 4.74 Å². The van der Waals surface area contributed by atoms with Crippen LogP contribution in [0.4, 0.5) is 0 Å². The molecule has 24 heavy (non-hydrogen) atoms. The maximum absolute atomic E-state index is 5.95. The summed E-state index contributed by atoms with van der Waals surface area (Å²) in [4.78, 5) is 0. The number of hydrogen-bond acceptors (Lipinski definition) is 1. The summed E-state index contributed by atoms with van der Waals surface area (Å²) in [7, 11) is 0. The first-order valence-electron chi connectivity index (χ1n) is 8.82. The molecule has 3 heteroatoms. The highest BCUT2D eigenvalue weighted by molar-refractivity contribution is 9.10. The molecular weight excluding hydrogens is 428 g/mol. The third kappa shape index (κ3) is 5.63. The zero-order chi connectivity index (χ0) is 16.8. The molecule has 1 fully saturated rings. The molecule has 0 spiro atoms. The Morgan fingerprint density at radius 2 is 1.29 bits per heavy atom. The zero-order valence-corrected chi connectivity index (χ0v) is 17.1. The molecule has 0 aromatic heterocycles. The molecule has 1 saturated carbocycles. The fraction of sp³-hybridized carbons (Fsp3) is 0.429. The van der Waals surface area contributed by atoms with Crippen molar-refractivity contribution in [3.8, 4) is 5.75 Å². The number of hydrogen-bond donors (Lipinski definition) is 0. The summed E-state index contributed by atoms with van der Waals surface area (Å²) < 4.78 is 8.21. The summed E-state index contributed by atoms with van der Waals surface area (Å²) in [5, 5.41) is 0. The van der Waals surface area contributed by atoms with Crippen LogP contribution in [0.25, 0.3) is 0 Å². The summed E-state index contributed by atoms with van der Waals surface area (Å²) in [6.07, 6.45) is 7.85. The van der Waals surface area contributed by atoms with Gasteiger partial charge in [-0.1, -0.05) is 56.8 Å². The van der Waals surface area contributed by atoms with Gasteiger partial charge in [-0.25, -0.2) is 0 Å². The van der Waals surface area contributed by atoms with E-state index in [1.54, 1.807) is 0 Å². The third-order valence-electron chi connectivity index (χ3n) is 5.02. The largest absolute Gasteiger partial charge is 0.493 e. The lowest BCUT2D eigenvalue weighted by molar-refractivity contribution is 0.179. The number of rotatable bonds is 6. The van der Waals surface area contributed by atoms with Crippen molar-refractivity contribution in [3.63, 3.8) is 0 Å². The summed E-state index contributed by atoms with van der Waals surface area (Å²) in [6, 6.07) is 16.9. The van der Waals surface area contributed by atoms with Crippen molar-refractivity contribution in [1.82, 2.24) is 0 Å². The molecule has 1 nitrogen and oxygen atoms in total. The van der Waals surface area contributed by atoms with Crippen LogP contribution >= 0.6 is 31.9 Å². The van der Waals surface area contributed by atoms with Crippen LogP contribution in [0.3, 0.4) is 0 Å². The lowest BCUT2D eigenvalue weighted by Crippen LogP contribution is -2.20. The van der Waals surface area contributed by atoms with Crippen LogP contribution in [-0.4, -0.2) is 6.61 Å². The highest BCUT2D eigenvalue weighted by atomic mass is 79.9. The van der Waals surface area contributed by atoms with Gasteiger partial charge in [0, 0.05) is 8.95 Å². The Hall–Kier alpha value is -0.800. The van der Waals surface area contributed by atoms with Crippen LogP contribution in [-0.2, 0) is 6.42 Å². The molecular formula is C21H24Br2O. The minimum Gasteiger partial charge on any atom is -0.493 e. The van der Waals surface area contributed by atoms with E-state index in [0.29, 0.717) is 0 Å². The summed E-state index contributed by atoms with van der Waals surface area (Å²) in [5.41, 5.74) is 1.46. The second kappa shape index (κ2) is 9.05. The zero-order valence-electron chi connectivity index (χ0n) is 13.9. The second-order valence-corrected chi connectivity index (χ2v) is 8.65. The van der Waals surface area contributed by atoms with Gasteiger partial charge in [0.1, 0.15) is 5.75 Å². The molecule has 2 aromatic carbocycles. The van der Waals surface area contributed by atoms with Gasteiger partial charge in [0.25, 0.3) is 0 Å². The van der Waals surface area contributed by atoms with Crippen LogP contribution in [0.15, 0.2) is 57.5 Å². The topological polar surface area (TPSA) is 9.23 Å². The van der Waals surface area contributed by atoms with Crippen molar-refractivity contribution in [3.05, 3.63) is 63.0 Å². The first kappa shape index (κ1) is 18.0. The molecule has 0 radical (unpaired) electrons. The standard InChI is InChI=1S/C21H24Br2O/c22-19-9-7-17(8-10-19)2-1-16-3-5-18(6-4-16)15-24-21-13-11-20(23)12-14-21/h7-14,16,18H,1-6,15H2. The van der Waals surface area contributed by atoms with Gasteiger partial charge in [0.05, 0.1) is 6.61 Å². The molecule has 0 N–H and O–H groups in total. The van der Waals surface area contributed by atoms with E-state index in [2.05, 4.69) is 56.1 Å². The van der Waals surface area contributed by atoms with E-state index in [-0.39, 0.29) is 0 Å². The lowest BCUT2D eigenvalue weighted by atomic mass is 9.80. The Morgan fingerprint density at radius 3 is 1.92 bits per heavy atom. The van der Waals surface area contributed by atoms with Crippen LogP contribution in [0.5, 0.6) is 5.75 Å². The number of ether oxygens (including phenoxy) is 1. The Kier molecular flexibility index (Phi) is 6.79. The van der Waals surface area contributed by atoms with Gasteiger partial charge in [0.2, 0.25) is 0 Å². The van der Waals surface area contributed by atoms with Gasteiger partial charge >= 0.3 is 0 Å². The molecule has 0 heterocycles. The van der Waals surface area contributed by atoms with E-state index >= 15 is 0 Å². The monoisotopic (exact) mass is 450 g/mol. The second-order valence-electron chi connectivity index (χ2n) is 6.82. The van der Waals surface area contributed by atoms with E-state index < -0.39 is 0 Å². The van der Waals surface area contributed by atoms with Crippen LogP contribution in [0, 0.1) is 11.8 Å². The fourth-order valence-electron chi connectivity index (χ4n) is 3.45. The van der Waals surface area contributed by atoms with E-state index in [1.807, 2.05) is 24.3 Å². The predicted octanol–water partition coefficient (Wildman–Crippen LogP) is 7.03. The van der Waals surface area contributed by atoms with Crippen molar-refractivity contribution >= 4 is 31.9 Å². The molecule has 0 bridgehead atoms. The molecule has 2 aromatic rings. The van der Waals surface area contributed by atoms with Crippen LogP contribution in [0.2, 0.25) is 0 Å². The third-order valence-corrected chi connectivity index (χ3v) is 6.08. The maximum atomic E-state index is 5.95. The molecule has 0 unspecified atom stereocenters. The number of benzene rings is 2. The Morgan fingerprint density at radius 1 is 0.750 bits per heavy atom. The van der Waals surface area contributed by atoms with E-state index in [0.717, 1.165) is 33.1 Å². The fourth-order valence-corrected chi connectivity index (χ4v) is 3.98. The SMILES string of the molecule is Brc1ccc(CCC2CCC(COc3ccc(Br)cc3)CC2)cc1. The Labute approximate surface area is 162 Å². The first-order valence-corrected chi connectivity index (χ1v) is 10.4. The van der Waals surface area contributed by atoms with Gasteiger partial charge in [-0.15, -0.1) is 0 Å². The van der Waals surface area contributed by atoms with E-state index in [9.17, 15) is 0 Å². The van der Waals surface area contributed by atoms with Crippen LogP contribution < -0.4 is 4.74 Å². The van der Waals surface area contributed by atoms with E-state index in [4.69, 9.17) is 4.74 Å². The highest BCUT2D eigenvalue weighted by Gasteiger charge is 2.21. The van der Waals surface area contributed by atoms with Crippen molar-refractivity contribution in [2.24, 2.45) is 11.8 Å². The minimum atomic E-state index is 0.720. The van der Waals surface area contributed by atoms with E-state index in [1.165, 1.54) is 44.1 Å². The highest BCUT2D eigenvalue weighted by Crippen LogP contribution is 2.32. The number of aryl methyl sites for hydroxylation is 1. The molecule has 3 rings (SSSR count). The molecule has 0 amide bonds. The van der Waals surface area contributed by atoms with Gasteiger partial charge in [0.15, 0.2) is 0 Å². The maximum Gasteiger partial charge on any atom is 0.119 e. The van der Waals surface area contributed by atoms with Gasteiger partial charge < -0.3 is 4.74 Å². The first-order chi connectivity index (χ1) is 11.7. The molecule has 0 saturated heterocycles. The van der Waals surface area contributed by atoms with Gasteiger partial charge in [-0.05, 0) is 79.5 Å². The quantitative estimate of drug-likeness (QED) is 0.457. The average molecular weight is 452 g/mol. The summed E-state index contributed by atoms with van der Waals surface area (Å²) >= 11 is 6.96. The molecule has 1 aliphatic rings. The van der Waals surface area contributed by atoms with Gasteiger partial charge in [-0.2, -0.15) is 0 Å². The Bertz CT molecular complexity index is 556. The minimum absolute atomic E-state index is 0.720. The van der Waals surface area contributed by atoms with Crippen molar-refractivity contribution in [2.75, 3.05) is 6.61 Å². The normalized spacial score (nSPS) is 20.8. The molecule has 0 atom stereocenters. The van der Waals surface area contributed by atoms with Gasteiger partial charge in [-0.3, -0.25) is 0 Å². The molecule has 0 aliphatic heterocycles.